The van der Waals surface area contributed by atoms with E-state index in [1.807, 2.05) is 12.1 Å². The fourth-order valence-corrected chi connectivity index (χ4v) is 2.26. The third kappa shape index (κ3) is 3.59. The molecule has 84 valence electrons. The third-order valence-electron chi connectivity index (χ3n) is 2.09. The zero-order valence-corrected chi connectivity index (χ0v) is 10.9. The molecule has 0 aliphatic carbocycles. The van der Waals surface area contributed by atoms with Crippen molar-refractivity contribution in [2.75, 3.05) is 11.2 Å². The molecule has 0 saturated carbocycles. The summed E-state index contributed by atoms with van der Waals surface area (Å²) in [5.41, 5.74) is 1.80. The Hall–Kier alpha value is -0.390. The lowest BCUT2D eigenvalue weighted by Gasteiger charge is -2.04. The Morgan fingerprint density at radius 2 is 1.87 bits per heavy atom. The normalized spacial score (nSPS) is 11.6. The van der Waals surface area contributed by atoms with Gasteiger partial charge in [0, 0.05) is 6.54 Å². The highest BCUT2D eigenvalue weighted by atomic mass is 79.9. The number of hydrogen-bond donors (Lipinski definition) is 1. The van der Waals surface area contributed by atoms with E-state index in [2.05, 4.69) is 21.2 Å². The van der Waals surface area contributed by atoms with Crippen LogP contribution >= 0.6 is 15.9 Å². The van der Waals surface area contributed by atoms with Gasteiger partial charge in [-0.1, -0.05) is 35.0 Å². The van der Waals surface area contributed by atoms with E-state index >= 15 is 0 Å². The van der Waals surface area contributed by atoms with Crippen LogP contribution in [0.2, 0.25) is 0 Å². The molecule has 0 radical (unpaired) electrons. The van der Waals surface area contributed by atoms with Gasteiger partial charge in [-0.3, -0.25) is 0 Å². The van der Waals surface area contributed by atoms with E-state index in [-0.39, 0.29) is 5.75 Å². The quantitative estimate of drug-likeness (QED) is 0.666. The van der Waals surface area contributed by atoms with E-state index in [9.17, 15) is 8.42 Å². The zero-order chi connectivity index (χ0) is 11.3. The molecule has 0 fully saturated rings. The van der Waals surface area contributed by atoms with Gasteiger partial charge in [-0.2, -0.15) is 0 Å². The average Bonchev–Trinajstić information content (AvgIpc) is 2.27. The Morgan fingerprint density at radius 3 is 2.33 bits per heavy atom. The minimum absolute atomic E-state index is 0.145. The van der Waals surface area contributed by atoms with Crippen molar-refractivity contribution in [3.63, 3.8) is 0 Å². The number of alkyl halides is 1. The molecule has 5 heteroatoms. The highest BCUT2D eigenvalue weighted by Gasteiger charge is 2.10. The molecule has 1 rings (SSSR count). The summed E-state index contributed by atoms with van der Waals surface area (Å²) in [6, 6.07) is 6.98. The zero-order valence-electron chi connectivity index (χ0n) is 8.53. The lowest BCUT2D eigenvalue weighted by atomic mass is 10.2. The fraction of sp³-hybridized carbons (Fsp3) is 0.400. The van der Waals surface area contributed by atoms with E-state index < -0.39 is 9.84 Å². The largest absolute Gasteiger partial charge is 0.303 e. The van der Waals surface area contributed by atoms with Crippen LogP contribution in [0.25, 0.3) is 0 Å². The Balaban J connectivity index is 2.81. The van der Waals surface area contributed by atoms with Crippen LogP contribution < -0.4 is 5.32 Å². The number of benzene rings is 1. The van der Waals surface area contributed by atoms with Gasteiger partial charge in [0.2, 0.25) is 0 Å². The van der Waals surface area contributed by atoms with Crippen molar-refractivity contribution in [1.29, 1.82) is 0 Å². The Bertz CT molecular complexity index is 400. The van der Waals surface area contributed by atoms with Crippen LogP contribution in [0.4, 0.5) is 0 Å². The molecule has 0 bridgehead atoms. The monoisotopic (exact) mass is 291 g/mol. The minimum atomic E-state index is -3.07. The van der Waals surface area contributed by atoms with E-state index in [0.29, 0.717) is 4.90 Å². The van der Waals surface area contributed by atoms with Gasteiger partial charge in [0.15, 0.2) is 9.84 Å². The fourth-order valence-electron chi connectivity index (χ4n) is 1.17. The van der Waals surface area contributed by atoms with Gasteiger partial charge in [0.1, 0.15) is 0 Å². The number of rotatable bonds is 5. The molecule has 0 atom stereocenters. The van der Waals surface area contributed by atoms with Crippen molar-refractivity contribution in [3.8, 4) is 0 Å². The molecule has 0 amide bonds. The first-order valence-corrected chi connectivity index (χ1v) is 7.46. The van der Waals surface area contributed by atoms with E-state index in [1.165, 1.54) is 0 Å². The molecule has 0 aliphatic heterocycles. The van der Waals surface area contributed by atoms with Crippen molar-refractivity contribution < 1.29 is 8.42 Å². The number of nitrogens with one attached hydrogen (secondary N) is 1. The summed E-state index contributed by atoms with van der Waals surface area (Å²) >= 11 is 3.26. The molecule has 0 aliphatic rings. The molecule has 1 aromatic carbocycles. The number of sulfone groups is 1. The summed E-state index contributed by atoms with van der Waals surface area (Å²) in [6.07, 6.45) is 0. The molecule has 0 unspecified atom stereocenters. The highest BCUT2D eigenvalue weighted by molar-refractivity contribution is 9.09. The standard InChI is InChI=1S/C10H14BrNO2S/c1-2-15(13,14)10-5-3-9(4-6-10)7-12-8-11/h3-6,12H,2,7-8H2,1H3. The molecule has 0 spiro atoms. The van der Waals surface area contributed by atoms with Gasteiger partial charge in [-0.05, 0) is 17.7 Å². The number of halogens is 1. The van der Waals surface area contributed by atoms with Crippen molar-refractivity contribution in [2.24, 2.45) is 0 Å². The SMILES string of the molecule is CCS(=O)(=O)c1ccc(CNCBr)cc1. The highest BCUT2D eigenvalue weighted by Crippen LogP contribution is 2.12. The maximum Gasteiger partial charge on any atom is 0.178 e. The second-order valence-electron chi connectivity index (χ2n) is 3.11. The van der Waals surface area contributed by atoms with Crippen LogP contribution in [-0.4, -0.2) is 19.6 Å². The molecule has 1 aromatic rings. The van der Waals surface area contributed by atoms with Gasteiger partial charge in [-0.15, -0.1) is 0 Å². The van der Waals surface area contributed by atoms with Crippen molar-refractivity contribution in [1.82, 2.24) is 5.32 Å². The molecule has 15 heavy (non-hydrogen) atoms. The van der Waals surface area contributed by atoms with Crippen LogP contribution in [0, 0.1) is 0 Å². The van der Waals surface area contributed by atoms with Crippen molar-refractivity contribution in [3.05, 3.63) is 29.8 Å². The molecule has 1 N–H and O–H groups in total. The van der Waals surface area contributed by atoms with Crippen molar-refractivity contribution in [2.45, 2.75) is 18.4 Å². The van der Waals surface area contributed by atoms with Gasteiger partial charge >= 0.3 is 0 Å². The minimum Gasteiger partial charge on any atom is -0.303 e. The predicted molar refractivity (Wildman–Crippen MR) is 64.8 cm³/mol. The van der Waals surface area contributed by atoms with E-state index in [4.69, 9.17) is 0 Å². The number of hydrogen-bond acceptors (Lipinski definition) is 3. The Kier molecular flexibility index (Phi) is 4.76. The second-order valence-corrected chi connectivity index (χ2v) is 5.95. The summed E-state index contributed by atoms with van der Waals surface area (Å²) < 4.78 is 23.0. The first-order chi connectivity index (χ1) is 7.10. The molecule has 0 aromatic heterocycles. The average molecular weight is 292 g/mol. The van der Waals surface area contributed by atoms with Gasteiger partial charge < -0.3 is 5.32 Å². The topological polar surface area (TPSA) is 46.2 Å². The molecule has 0 heterocycles. The summed E-state index contributed by atoms with van der Waals surface area (Å²) in [5, 5.41) is 3.10. The summed E-state index contributed by atoms with van der Waals surface area (Å²) in [7, 11) is -3.07. The van der Waals surface area contributed by atoms with E-state index in [0.717, 1.165) is 17.6 Å². The maximum atomic E-state index is 11.5. The summed E-state index contributed by atoms with van der Waals surface area (Å²) in [4.78, 5) is 0.396. The molecular formula is C10H14BrNO2S. The van der Waals surface area contributed by atoms with Crippen LogP contribution in [0.3, 0.4) is 0 Å². The molecule has 0 saturated heterocycles. The smallest absolute Gasteiger partial charge is 0.178 e. The van der Waals surface area contributed by atoms with Crippen molar-refractivity contribution >= 4 is 25.8 Å². The lowest BCUT2D eigenvalue weighted by molar-refractivity contribution is 0.597. The van der Waals surface area contributed by atoms with Crippen LogP contribution in [0.1, 0.15) is 12.5 Å². The van der Waals surface area contributed by atoms with Gasteiger partial charge in [-0.25, -0.2) is 8.42 Å². The molecular weight excluding hydrogens is 278 g/mol. The first-order valence-electron chi connectivity index (χ1n) is 4.68. The Labute approximate surface area is 98.9 Å². The summed E-state index contributed by atoms with van der Waals surface area (Å²) in [5.74, 6) is 0.145. The molecule has 3 nitrogen and oxygen atoms in total. The Morgan fingerprint density at radius 1 is 1.27 bits per heavy atom. The summed E-state index contributed by atoms with van der Waals surface area (Å²) in [6.45, 7) is 2.38. The lowest BCUT2D eigenvalue weighted by Crippen LogP contribution is -2.10. The van der Waals surface area contributed by atoms with Crippen LogP contribution in [-0.2, 0) is 16.4 Å². The van der Waals surface area contributed by atoms with Gasteiger partial charge in [0.25, 0.3) is 0 Å². The third-order valence-corrected chi connectivity index (χ3v) is 4.23. The van der Waals surface area contributed by atoms with Gasteiger partial charge in [0.05, 0.1) is 16.1 Å². The maximum absolute atomic E-state index is 11.5. The van der Waals surface area contributed by atoms with Crippen LogP contribution in [0.15, 0.2) is 29.2 Å². The van der Waals surface area contributed by atoms with Crippen LogP contribution in [0.5, 0.6) is 0 Å². The first kappa shape index (κ1) is 12.7. The van der Waals surface area contributed by atoms with E-state index in [1.54, 1.807) is 19.1 Å². The predicted octanol–water partition coefficient (Wildman–Crippen LogP) is 1.92. The second kappa shape index (κ2) is 5.63.